The van der Waals surface area contributed by atoms with E-state index < -0.39 is 0 Å². The number of pyridine rings is 1. The first-order valence-electron chi connectivity index (χ1n) is 10.5. The van der Waals surface area contributed by atoms with Gasteiger partial charge in [0.1, 0.15) is 0 Å². The van der Waals surface area contributed by atoms with E-state index in [9.17, 15) is 0 Å². The Morgan fingerprint density at radius 1 is 0.846 bits per heavy atom. The fourth-order valence-electron chi connectivity index (χ4n) is 6.51. The third kappa shape index (κ3) is 2.71. The van der Waals surface area contributed by atoms with Crippen molar-refractivity contribution in [2.75, 3.05) is 0 Å². The molecule has 0 radical (unpaired) electrons. The minimum Gasteiger partial charge on any atom is -0.256 e. The van der Waals surface area contributed by atoms with Crippen molar-refractivity contribution in [2.45, 2.75) is 70.1 Å². The van der Waals surface area contributed by atoms with Crippen molar-refractivity contribution < 1.29 is 0 Å². The van der Waals surface area contributed by atoms with Crippen molar-refractivity contribution in [3.63, 3.8) is 0 Å². The topological polar surface area (TPSA) is 12.9 Å². The van der Waals surface area contributed by atoms with Gasteiger partial charge in [0.25, 0.3) is 0 Å². The van der Waals surface area contributed by atoms with Crippen molar-refractivity contribution in [3.8, 4) is 11.3 Å². The van der Waals surface area contributed by atoms with E-state index in [0.717, 1.165) is 23.4 Å². The van der Waals surface area contributed by atoms with E-state index >= 15 is 0 Å². The molecule has 4 aliphatic rings. The summed E-state index contributed by atoms with van der Waals surface area (Å²) in [6.07, 6.45) is 10.8. The summed E-state index contributed by atoms with van der Waals surface area (Å²) in [5.41, 5.74) is 5.98. The average Bonchev–Trinajstić information content (AvgIpc) is 2.60. The van der Waals surface area contributed by atoms with Gasteiger partial charge in [-0.1, -0.05) is 45.0 Å². The Bertz CT molecular complexity index is 774. The van der Waals surface area contributed by atoms with E-state index in [-0.39, 0.29) is 5.41 Å². The summed E-state index contributed by atoms with van der Waals surface area (Å²) in [5.74, 6) is 3.02. The standard InChI is InChI=1S/C25H31N/c1-24(2,3)22-8-9-26-23(13-22)20-4-6-21(7-5-20)25-14-17-10-18(15-25)12-19(11-17)16-25/h4-9,13,17-19H,10-12,14-16H2,1-3H3. The number of hydrogen-bond acceptors (Lipinski definition) is 1. The average molecular weight is 346 g/mol. The Balaban J connectivity index is 1.45. The van der Waals surface area contributed by atoms with Gasteiger partial charge in [-0.25, -0.2) is 0 Å². The lowest BCUT2D eigenvalue weighted by atomic mass is 9.48. The van der Waals surface area contributed by atoms with Crippen LogP contribution in [-0.2, 0) is 10.8 Å². The van der Waals surface area contributed by atoms with Gasteiger partial charge in [0.15, 0.2) is 0 Å². The number of benzene rings is 1. The lowest BCUT2D eigenvalue weighted by Crippen LogP contribution is -2.48. The summed E-state index contributed by atoms with van der Waals surface area (Å²) < 4.78 is 0. The second-order valence-corrected chi connectivity index (χ2v) is 10.5. The third-order valence-corrected chi connectivity index (χ3v) is 7.46. The molecule has 4 aliphatic carbocycles. The van der Waals surface area contributed by atoms with E-state index in [1.807, 2.05) is 6.20 Å². The molecule has 0 aliphatic heterocycles. The quantitative estimate of drug-likeness (QED) is 0.604. The second kappa shape index (κ2) is 5.68. The molecule has 4 fully saturated rings. The Labute approximate surface area is 158 Å². The highest BCUT2D eigenvalue weighted by Gasteiger charge is 2.51. The Morgan fingerprint density at radius 2 is 1.42 bits per heavy atom. The maximum absolute atomic E-state index is 4.65. The van der Waals surface area contributed by atoms with Crippen molar-refractivity contribution in [3.05, 3.63) is 53.7 Å². The van der Waals surface area contributed by atoms with Crippen molar-refractivity contribution in [2.24, 2.45) is 17.8 Å². The monoisotopic (exact) mass is 345 g/mol. The van der Waals surface area contributed by atoms with Gasteiger partial charge in [-0.15, -0.1) is 0 Å². The molecule has 0 amide bonds. The second-order valence-electron chi connectivity index (χ2n) is 10.5. The molecule has 0 spiro atoms. The summed E-state index contributed by atoms with van der Waals surface area (Å²) in [7, 11) is 0. The highest BCUT2D eigenvalue weighted by Crippen LogP contribution is 2.60. The molecular formula is C25H31N. The van der Waals surface area contributed by atoms with Gasteiger partial charge in [0, 0.05) is 11.8 Å². The molecule has 0 atom stereocenters. The molecule has 0 unspecified atom stereocenters. The van der Waals surface area contributed by atoms with Crippen LogP contribution in [0.2, 0.25) is 0 Å². The van der Waals surface area contributed by atoms with Crippen LogP contribution >= 0.6 is 0 Å². The molecule has 1 nitrogen and oxygen atoms in total. The first-order chi connectivity index (χ1) is 12.4. The van der Waals surface area contributed by atoms with Crippen molar-refractivity contribution in [1.82, 2.24) is 4.98 Å². The molecule has 4 saturated carbocycles. The van der Waals surface area contributed by atoms with E-state index in [1.54, 1.807) is 5.56 Å². The van der Waals surface area contributed by atoms with E-state index in [1.165, 1.54) is 49.7 Å². The van der Waals surface area contributed by atoms with Crippen LogP contribution in [0, 0.1) is 17.8 Å². The van der Waals surface area contributed by atoms with Gasteiger partial charge in [0.05, 0.1) is 5.69 Å². The smallest absolute Gasteiger partial charge is 0.0704 e. The molecule has 26 heavy (non-hydrogen) atoms. The molecule has 2 aromatic rings. The van der Waals surface area contributed by atoms with Crippen LogP contribution in [0.3, 0.4) is 0 Å². The zero-order valence-electron chi connectivity index (χ0n) is 16.5. The first-order valence-corrected chi connectivity index (χ1v) is 10.5. The van der Waals surface area contributed by atoms with Gasteiger partial charge < -0.3 is 0 Å². The van der Waals surface area contributed by atoms with Crippen molar-refractivity contribution >= 4 is 0 Å². The summed E-state index contributed by atoms with van der Waals surface area (Å²) >= 11 is 0. The maximum Gasteiger partial charge on any atom is 0.0704 e. The molecule has 1 aromatic carbocycles. The largest absolute Gasteiger partial charge is 0.256 e. The minimum atomic E-state index is 0.164. The van der Waals surface area contributed by atoms with Crippen LogP contribution in [0.1, 0.15) is 70.4 Å². The lowest BCUT2D eigenvalue weighted by molar-refractivity contribution is -0.00518. The molecular weight excluding hydrogens is 314 g/mol. The van der Waals surface area contributed by atoms with E-state index in [4.69, 9.17) is 0 Å². The van der Waals surface area contributed by atoms with E-state index in [2.05, 4.69) is 62.2 Å². The van der Waals surface area contributed by atoms with Crippen LogP contribution in [-0.4, -0.2) is 4.98 Å². The van der Waals surface area contributed by atoms with Crippen LogP contribution in [0.25, 0.3) is 11.3 Å². The Kier molecular flexibility index (Phi) is 3.61. The van der Waals surface area contributed by atoms with Gasteiger partial charge in [-0.3, -0.25) is 4.98 Å². The highest BCUT2D eigenvalue weighted by molar-refractivity contribution is 5.61. The molecule has 1 heteroatoms. The number of nitrogens with zero attached hydrogens (tertiary/aromatic N) is 1. The van der Waals surface area contributed by atoms with Gasteiger partial charge in [0.2, 0.25) is 0 Å². The van der Waals surface area contributed by atoms with Crippen LogP contribution < -0.4 is 0 Å². The maximum atomic E-state index is 4.65. The van der Waals surface area contributed by atoms with Gasteiger partial charge in [-0.05, 0) is 90.4 Å². The molecule has 0 N–H and O–H groups in total. The molecule has 4 bridgehead atoms. The van der Waals surface area contributed by atoms with Crippen molar-refractivity contribution in [1.29, 1.82) is 0 Å². The summed E-state index contributed by atoms with van der Waals surface area (Å²) in [6.45, 7) is 6.80. The summed E-state index contributed by atoms with van der Waals surface area (Å²) in [6, 6.07) is 13.9. The molecule has 136 valence electrons. The van der Waals surface area contributed by atoms with Crippen LogP contribution in [0.5, 0.6) is 0 Å². The summed E-state index contributed by atoms with van der Waals surface area (Å²) in [5, 5.41) is 0. The predicted octanol–water partition coefficient (Wildman–Crippen LogP) is 6.51. The highest BCUT2D eigenvalue weighted by atomic mass is 14.7. The lowest BCUT2D eigenvalue weighted by Gasteiger charge is -2.57. The first kappa shape index (κ1) is 16.5. The van der Waals surface area contributed by atoms with Gasteiger partial charge in [-0.2, -0.15) is 0 Å². The molecule has 1 heterocycles. The third-order valence-electron chi connectivity index (χ3n) is 7.46. The van der Waals surface area contributed by atoms with Gasteiger partial charge >= 0.3 is 0 Å². The summed E-state index contributed by atoms with van der Waals surface area (Å²) in [4.78, 5) is 4.65. The fraction of sp³-hybridized carbons (Fsp3) is 0.560. The Hall–Kier alpha value is -1.63. The van der Waals surface area contributed by atoms with Crippen LogP contribution in [0.15, 0.2) is 42.6 Å². The number of rotatable bonds is 2. The minimum absolute atomic E-state index is 0.164. The normalized spacial score (nSPS) is 32.8. The predicted molar refractivity (Wildman–Crippen MR) is 108 cm³/mol. The number of hydrogen-bond donors (Lipinski definition) is 0. The van der Waals surface area contributed by atoms with Crippen LogP contribution in [0.4, 0.5) is 0 Å². The zero-order chi connectivity index (χ0) is 17.9. The molecule has 1 aromatic heterocycles. The SMILES string of the molecule is CC(C)(C)c1ccnc(-c2ccc(C34CC5CC(CC(C5)C3)C4)cc2)c1. The molecule has 0 saturated heterocycles. The fourth-order valence-corrected chi connectivity index (χ4v) is 6.51. The zero-order valence-corrected chi connectivity index (χ0v) is 16.5. The molecule has 6 rings (SSSR count). The van der Waals surface area contributed by atoms with E-state index in [0.29, 0.717) is 5.41 Å². The number of aromatic nitrogens is 1. The Morgan fingerprint density at radius 3 is 1.96 bits per heavy atom.